The standard InChI is InChI=1S/C25H28NP/c1-2-3-4-13-20-26-21-22-14-11-12-19-25(22)27(23-15-7-5-8-16-23)24-17-9-6-10-18-24/h5-12,14-19,21H,2-4,13,20H2,1H3. The first-order valence-electron chi connectivity index (χ1n) is 9.89. The molecule has 2 heteroatoms. The Morgan fingerprint density at radius 2 is 1.30 bits per heavy atom. The number of hydrogen-bond donors (Lipinski definition) is 0. The van der Waals surface area contributed by atoms with Crippen LogP contribution in [-0.4, -0.2) is 12.8 Å². The fraction of sp³-hybridized carbons (Fsp3) is 0.240. The summed E-state index contributed by atoms with van der Waals surface area (Å²) in [6, 6.07) is 30.4. The molecule has 0 aliphatic carbocycles. The van der Waals surface area contributed by atoms with Gasteiger partial charge in [0.1, 0.15) is 0 Å². The Kier molecular flexibility index (Phi) is 7.81. The van der Waals surface area contributed by atoms with Crippen LogP contribution in [0.15, 0.2) is 89.9 Å². The maximum absolute atomic E-state index is 4.73. The van der Waals surface area contributed by atoms with Gasteiger partial charge < -0.3 is 0 Å². The van der Waals surface area contributed by atoms with E-state index in [2.05, 4.69) is 98.1 Å². The van der Waals surface area contributed by atoms with E-state index in [1.807, 2.05) is 0 Å². The summed E-state index contributed by atoms with van der Waals surface area (Å²) in [5.41, 5.74) is 1.24. The summed E-state index contributed by atoms with van der Waals surface area (Å²) >= 11 is 0. The minimum Gasteiger partial charge on any atom is -0.293 e. The van der Waals surface area contributed by atoms with Gasteiger partial charge in [-0.1, -0.05) is 111 Å². The highest BCUT2D eigenvalue weighted by Crippen LogP contribution is 2.33. The van der Waals surface area contributed by atoms with Crippen molar-refractivity contribution in [1.29, 1.82) is 0 Å². The summed E-state index contributed by atoms with van der Waals surface area (Å²) in [7, 11) is -0.588. The molecule has 0 atom stereocenters. The average Bonchev–Trinajstić information content (AvgIpc) is 2.73. The van der Waals surface area contributed by atoms with E-state index in [9.17, 15) is 0 Å². The zero-order valence-corrected chi connectivity index (χ0v) is 17.0. The fourth-order valence-corrected chi connectivity index (χ4v) is 5.60. The molecule has 0 aromatic heterocycles. The van der Waals surface area contributed by atoms with E-state index in [4.69, 9.17) is 4.99 Å². The summed E-state index contributed by atoms with van der Waals surface area (Å²) in [5, 5.41) is 4.13. The van der Waals surface area contributed by atoms with Crippen LogP contribution < -0.4 is 15.9 Å². The first-order chi connectivity index (χ1) is 13.4. The molecule has 0 saturated heterocycles. The van der Waals surface area contributed by atoms with Gasteiger partial charge in [0.25, 0.3) is 0 Å². The molecule has 3 rings (SSSR count). The first-order valence-corrected chi connectivity index (χ1v) is 11.2. The number of nitrogens with zero attached hydrogens (tertiary/aromatic N) is 1. The van der Waals surface area contributed by atoms with Crippen LogP contribution in [0.4, 0.5) is 0 Å². The number of rotatable bonds is 9. The molecule has 0 amide bonds. The third-order valence-electron chi connectivity index (χ3n) is 4.58. The molecule has 0 fully saturated rings. The van der Waals surface area contributed by atoms with Crippen molar-refractivity contribution in [1.82, 2.24) is 0 Å². The minimum atomic E-state index is -0.588. The smallest absolute Gasteiger partial charge is 0.0389 e. The number of unbranched alkanes of at least 4 members (excludes halogenated alkanes) is 3. The van der Waals surface area contributed by atoms with Gasteiger partial charge in [-0.3, -0.25) is 4.99 Å². The molecule has 0 unspecified atom stereocenters. The van der Waals surface area contributed by atoms with Gasteiger partial charge in [0.15, 0.2) is 0 Å². The highest BCUT2D eigenvalue weighted by atomic mass is 31.1. The third kappa shape index (κ3) is 5.62. The summed E-state index contributed by atoms with van der Waals surface area (Å²) in [6.45, 7) is 3.16. The summed E-state index contributed by atoms with van der Waals surface area (Å²) in [6.07, 6.45) is 7.11. The van der Waals surface area contributed by atoms with Gasteiger partial charge in [-0.25, -0.2) is 0 Å². The van der Waals surface area contributed by atoms with Crippen LogP contribution in [-0.2, 0) is 0 Å². The van der Waals surface area contributed by atoms with Crippen molar-refractivity contribution in [2.45, 2.75) is 32.6 Å². The van der Waals surface area contributed by atoms with E-state index in [0.717, 1.165) is 6.54 Å². The highest BCUT2D eigenvalue weighted by Gasteiger charge is 2.18. The molecular weight excluding hydrogens is 345 g/mol. The second-order valence-corrected chi connectivity index (χ2v) is 8.85. The molecule has 0 aliphatic heterocycles. The Morgan fingerprint density at radius 1 is 0.704 bits per heavy atom. The topological polar surface area (TPSA) is 12.4 Å². The lowest BCUT2D eigenvalue weighted by Gasteiger charge is -2.21. The molecule has 138 valence electrons. The quantitative estimate of drug-likeness (QED) is 0.269. The Labute approximate surface area is 164 Å². The second kappa shape index (κ2) is 10.8. The predicted molar refractivity (Wildman–Crippen MR) is 122 cm³/mol. The fourth-order valence-electron chi connectivity index (χ4n) is 3.17. The van der Waals surface area contributed by atoms with Crippen LogP contribution in [0.1, 0.15) is 38.2 Å². The lowest BCUT2D eigenvalue weighted by molar-refractivity contribution is 0.676. The average molecular weight is 373 g/mol. The van der Waals surface area contributed by atoms with Crippen molar-refractivity contribution in [3.63, 3.8) is 0 Å². The summed E-state index contributed by atoms with van der Waals surface area (Å²) in [5.74, 6) is 0. The van der Waals surface area contributed by atoms with Gasteiger partial charge in [0.05, 0.1) is 0 Å². The predicted octanol–water partition coefficient (Wildman–Crippen LogP) is 5.44. The van der Waals surface area contributed by atoms with E-state index < -0.39 is 7.92 Å². The lowest BCUT2D eigenvalue weighted by Crippen LogP contribution is -2.23. The van der Waals surface area contributed by atoms with E-state index >= 15 is 0 Å². The lowest BCUT2D eigenvalue weighted by atomic mass is 10.2. The van der Waals surface area contributed by atoms with Crippen molar-refractivity contribution in [2.24, 2.45) is 4.99 Å². The monoisotopic (exact) mass is 373 g/mol. The summed E-state index contributed by atoms with van der Waals surface area (Å²) in [4.78, 5) is 4.73. The molecule has 0 aliphatic rings. The van der Waals surface area contributed by atoms with Crippen LogP contribution >= 0.6 is 7.92 Å². The van der Waals surface area contributed by atoms with E-state index in [0.29, 0.717) is 0 Å². The maximum atomic E-state index is 4.73. The van der Waals surface area contributed by atoms with Gasteiger partial charge in [-0.05, 0) is 30.3 Å². The van der Waals surface area contributed by atoms with E-state index in [-0.39, 0.29) is 0 Å². The molecule has 0 radical (unpaired) electrons. The van der Waals surface area contributed by atoms with Crippen molar-refractivity contribution >= 4 is 30.0 Å². The Bertz CT molecular complexity index is 788. The molecule has 0 saturated carbocycles. The van der Waals surface area contributed by atoms with Crippen LogP contribution in [0.5, 0.6) is 0 Å². The molecule has 0 spiro atoms. The molecule has 3 aromatic rings. The second-order valence-electron chi connectivity index (χ2n) is 6.66. The van der Waals surface area contributed by atoms with Crippen molar-refractivity contribution in [2.75, 3.05) is 6.54 Å². The first kappa shape index (κ1) is 19.5. The molecule has 0 bridgehead atoms. The SMILES string of the molecule is CCCCCCN=Cc1ccccc1P(c1ccccc1)c1ccccc1. The molecule has 3 aromatic carbocycles. The van der Waals surface area contributed by atoms with Gasteiger partial charge >= 0.3 is 0 Å². The number of hydrogen-bond acceptors (Lipinski definition) is 1. The van der Waals surface area contributed by atoms with Crippen LogP contribution in [0.3, 0.4) is 0 Å². The van der Waals surface area contributed by atoms with Crippen molar-refractivity contribution < 1.29 is 0 Å². The minimum absolute atomic E-state index is 0.588. The molecule has 0 heterocycles. The molecule has 1 nitrogen and oxygen atoms in total. The van der Waals surface area contributed by atoms with Gasteiger partial charge in [0.2, 0.25) is 0 Å². The third-order valence-corrected chi connectivity index (χ3v) is 7.10. The van der Waals surface area contributed by atoms with Gasteiger partial charge in [-0.15, -0.1) is 0 Å². The van der Waals surface area contributed by atoms with Crippen molar-refractivity contribution in [3.05, 3.63) is 90.5 Å². The zero-order chi connectivity index (χ0) is 18.7. The molecule has 0 N–H and O–H groups in total. The Morgan fingerprint density at radius 3 is 1.93 bits per heavy atom. The normalized spacial score (nSPS) is 11.3. The largest absolute Gasteiger partial charge is 0.293 e. The Hall–Kier alpha value is -2.24. The number of aliphatic imine (C=N–C) groups is 1. The highest BCUT2D eigenvalue weighted by molar-refractivity contribution is 7.80. The van der Waals surface area contributed by atoms with Gasteiger partial charge in [-0.2, -0.15) is 0 Å². The maximum Gasteiger partial charge on any atom is 0.0389 e. The van der Waals surface area contributed by atoms with Crippen LogP contribution in [0, 0.1) is 0 Å². The molecular formula is C25H28NP. The van der Waals surface area contributed by atoms with E-state index in [1.165, 1.54) is 47.2 Å². The Balaban J connectivity index is 1.90. The van der Waals surface area contributed by atoms with Gasteiger partial charge in [0, 0.05) is 18.3 Å². The van der Waals surface area contributed by atoms with Crippen molar-refractivity contribution in [3.8, 4) is 0 Å². The summed E-state index contributed by atoms with van der Waals surface area (Å²) < 4.78 is 0. The number of benzene rings is 3. The van der Waals surface area contributed by atoms with Crippen LogP contribution in [0.25, 0.3) is 0 Å². The van der Waals surface area contributed by atoms with Crippen LogP contribution in [0.2, 0.25) is 0 Å². The zero-order valence-electron chi connectivity index (χ0n) is 16.1. The van der Waals surface area contributed by atoms with E-state index in [1.54, 1.807) is 0 Å². The molecule has 27 heavy (non-hydrogen) atoms.